The molecule has 3 N–H and O–H groups in total. The molecule has 3 nitrogen and oxygen atoms in total. The standard InChI is InChI=1S/C12H11N3/c1-8-4-2-3-5-9(8)11-7-15-12(14)10(11)6-13/h2-5,7,15H,14H2,1H3. The van der Waals surface area contributed by atoms with Crippen LogP contribution in [0.2, 0.25) is 0 Å². The molecule has 0 spiro atoms. The fraction of sp³-hybridized carbons (Fsp3) is 0.0833. The fourth-order valence-corrected chi connectivity index (χ4v) is 1.65. The van der Waals surface area contributed by atoms with E-state index in [9.17, 15) is 0 Å². The van der Waals surface area contributed by atoms with Gasteiger partial charge in [0.05, 0.1) is 0 Å². The van der Waals surface area contributed by atoms with Crippen LogP contribution in [0.15, 0.2) is 30.5 Å². The Bertz CT molecular complexity index is 532. The van der Waals surface area contributed by atoms with Gasteiger partial charge in [-0.05, 0) is 18.1 Å². The summed E-state index contributed by atoms with van der Waals surface area (Å²) in [6.45, 7) is 2.01. The average Bonchev–Trinajstić information content (AvgIpc) is 2.60. The van der Waals surface area contributed by atoms with E-state index in [1.165, 1.54) is 0 Å². The Morgan fingerprint density at radius 1 is 1.27 bits per heavy atom. The SMILES string of the molecule is Cc1ccccc1-c1c[nH]c(N)c1C#N. The number of hydrogen-bond donors (Lipinski definition) is 2. The summed E-state index contributed by atoms with van der Waals surface area (Å²) in [5.41, 5.74) is 9.22. The largest absolute Gasteiger partial charge is 0.384 e. The first kappa shape index (κ1) is 9.35. The highest BCUT2D eigenvalue weighted by molar-refractivity contribution is 5.77. The molecule has 1 aromatic heterocycles. The van der Waals surface area contributed by atoms with Gasteiger partial charge in [0, 0.05) is 11.8 Å². The van der Waals surface area contributed by atoms with E-state index < -0.39 is 0 Å². The van der Waals surface area contributed by atoms with Crippen molar-refractivity contribution in [1.29, 1.82) is 5.26 Å². The molecule has 0 unspecified atom stereocenters. The van der Waals surface area contributed by atoms with Crippen LogP contribution in [0.25, 0.3) is 11.1 Å². The molecule has 15 heavy (non-hydrogen) atoms. The number of H-pyrrole nitrogens is 1. The number of anilines is 1. The molecular weight excluding hydrogens is 186 g/mol. The minimum Gasteiger partial charge on any atom is -0.384 e. The molecule has 3 heteroatoms. The van der Waals surface area contributed by atoms with Crippen molar-refractivity contribution in [3.63, 3.8) is 0 Å². The second-order valence-corrected chi connectivity index (χ2v) is 3.42. The first-order chi connectivity index (χ1) is 7.24. The number of aryl methyl sites for hydroxylation is 1. The summed E-state index contributed by atoms with van der Waals surface area (Å²) in [4.78, 5) is 2.87. The molecular formula is C12H11N3. The Kier molecular flexibility index (Phi) is 2.18. The normalized spacial score (nSPS) is 9.87. The van der Waals surface area contributed by atoms with Crippen LogP contribution in [-0.2, 0) is 0 Å². The van der Waals surface area contributed by atoms with Crippen molar-refractivity contribution in [3.8, 4) is 17.2 Å². The van der Waals surface area contributed by atoms with Crippen molar-refractivity contribution in [2.45, 2.75) is 6.92 Å². The average molecular weight is 197 g/mol. The predicted octanol–water partition coefficient (Wildman–Crippen LogP) is 2.44. The maximum atomic E-state index is 8.99. The minimum absolute atomic E-state index is 0.427. The van der Waals surface area contributed by atoms with E-state index in [2.05, 4.69) is 11.1 Å². The highest BCUT2D eigenvalue weighted by Crippen LogP contribution is 2.29. The third kappa shape index (κ3) is 1.46. The van der Waals surface area contributed by atoms with Gasteiger partial charge < -0.3 is 10.7 Å². The van der Waals surface area contributed by atoms with Crippen molar-refractivity contribution in [2.75, 3.05) is 5.73 Å². The number of aromatic amines is 1. The molecule has 0 atom stereocenters. The number of hydrogen-bond acceptors (Lipinski definition) is 2. The van der Waals surface area contributed by atoms with Crippen LogP contribution < -0.4 is 5.73 Å². The Balaban J connectivity index is 2.66. The first-order valence-corrected chi connectivity index (χ1v) is 4.67. The lowest BCUT2D eigenvalue weighted by molar-refractivity contribution is 1.40. The summed E-state index contributed by atoms with van der Waals surface area (Å²) in [6.07, 6.45) is 1.77. The number of nitrogens with one attached hydrogen (secondary N) is 1. The van der Waals surface area contributed by atoms with Crippen molar-refractivity contribution in [1.82, 2.24) is 4.98 Å². The molecule has 0 radical (unpaired) electrons. The van der Waals surface area contributed by atoms with Crippen LogP contribution in [0.5, 0.6) is 0 Å². The van der Waals surface area contributed by atoms with E-state index in [1.807, 2.05) is 31.2 Å². The van der Waals surface area contributed by atoms with Gasteiger partial charge in [0.25, 0.3) is 0 Å². The summed E-state index contributed by atoms with van der Waals surface area (Å²) in [5, 5.41) is 8.99. The maximum Gasteiger partial charge on any atom is 0.119 e. The van der Waals surface area contributed by atoms with Crippen LogP contribution in [-0.4, -0.2) is 4.98 Å². The van der Waals surface area contributed by atoms with Gasteiger partial charge in [-0.1, -0.05) is 24.3 Å². The van der Waals surface area contributed by atoms with E-state index in [1.54, 1.807) is 6.20 Å². The molecule has 2 rings (SSSR count). The van der Waals surface area contributed by atoms with E-state index in [4.69, 9.17) is 11.0 Å². The van der Waals surface area contributed by atoms with Gasteiger partial charge in [-0.2, -0.15) is 5.26 Å². The van der Waals surface area contributed by atoms with Crippen LogP contribution in [0.1, 0.15) is 11.1 Å². The number of aromatic nitrogens is 1. The van der Waals surface area contributed by atoms with E-state index in [0.717, 1.165) is 16.7 Å². The molecule has 1 heterocycles. The molecule has 74 valence electrons. The van der Waals surface area contributed by atoms with Gasteiger partial charge in [-0.25, -0.2) is 0 Å². The third-order valence-electron chi connectivity index (χ3n) is 2.46. The summed E-state index contributed by atoms with van der Waals surface area (Å²) >= 11 is 0. The molecule has 0 bridgehead atoms. The Hall–Kier alpha value is -2.21. The quantitative estimate of drug-likeness (QED) is 0.737. The van der Waals surface area contributed by atoms with Crippen LogP contribution in [0.4, 0.5) is 5.82 Å². The number of nitrogen functional groups attached to an aromatic ring is 1. The molecule has 1 aromatic carbocycles. The number of nitrogens with zero attached hydrogens (tertiary/aromatic N) is 1. The smallest absolute Gasteiger partial charge is 0.119 e. The second-order valence-electron chi connectivity index (χ2n) is 3.42. The molecule has 0 aliphatic carbocycles. The van der Waals surface area contributed by atoms with Crippen molar-refractivity contribution >= 4 is 5.82 Å². The monoisotopic (exact) mass is 197 g/mol. The first-order valence-electron chi connectivity index (χ1n) is 4.67. The number of nitrogens with two attached hydrogens (primary N) is 1. The van der Waals surface area contributed by atoms with Crippen molar-refractivity contribution in [3.05, 3.63) is 41.6 Å². The van der Waals surface area contributed by atoms with E-state index >= 15 is 0 Å². The lowest BCUT2D eigenvalue weighted by atomic mass is 10.0. The van der Waals surface area contributed by atoms with Crippen LogP contribution in [0, 0.1) is 18.3 Å². The number of rotatable bonds is 1. The molecule has 0 amide bonds. The van der Waals surface area contributed by atoms with Gasteiger partial charge in [0.2, 0.25) is 0 Å². The van der Waals surface area contributed by atoms with Crippen LogP contribution >= 0.6 is 0 Å². The number of benzene rings is 1. The highest BCUT2D eigenvalue weighted by atomic mass is 14.8. The molecule has 0 aliphatic rings. The Morgan fingerprint density at radius 2 is 2.00 bits per heavy atom. The van der Waals surface area contributed by atoms with Crippen molar-refractivity contribution < 1.29 is 0 Å². The summed E-state index contributed by atoms with van der Waals surface area (Å²) in [5.74, 6) is 0.427. The second kappa shape index (κ2) is 3.50. The Morgan fingerprint density at radius 3 is 2.67 bits per heavy atom. The summed E-state index contributed by atoms with van der Waals surface area (Å²) < 4.78 is 0. The molecule has 0 saturated carbocycles. The molecule has 2 aromatic rings. The van der Waals surface area contributed by atoms with Gasteiger partial charge in [-0.3, -0.25) is 0 Å². The third-order valence-corrected chi connectivity index (χ3v) is 2.46. The molecule has 0 fully saturated rings. The lowest BCUT2D eigenvalue weighted by Crippen LogP contribution is -1.88. The summed E-state index contributed by atoms with van der Waals surface area (Å²) in [6, 6.07) is 10.0. The fourth-order valence-electron chi connectivity index (χ4n) is 1.65. The zero-order valence-corrected chi connectivity index (χ0v) is 8.41. The highest BCUT2D eigenvalue weighted by Gasteiger charge is 2.11. The van der Waals surface area contributed by atoms with E-state index in [-0.39, 0.29) is 0 Å². The zero-order valence-electron chi connectivity index (χ0n) is 8.41. The predicted molar refractivity (Wildman–Crippen MR) is 60.1 cm³/mol. The van der Waals surface area contributed by atoms with Gasteiger partial charge in [0.1, 0.15) is 17.5 Å². The number of nitriles is 1. The van der Waals surface area contributed by atoms with Crippen LogP contribution in [0.3, 0.4) is 0 Å². The van der Waals surface area contributed by atoms with E-state index in [0.29, 0.717) is 11.4 Å². The zero-order chi connectivity index (χ0) is 10.8. The molecule has 0 aliphatic heterocycles. The lowest BCUT2D eigenvalue weighted by Gasteiger charge is -2.02. The minimum atomic E-state index is 0.427. The Labute approximate surface area is 88.2 Å². The summed E-state index contributed by atoms with van der Waals surface area (Å²) in [7, 11) is 0. The van der Waals surface area contributed by atoms with Gasteiger partial charge in [0.15, 0.2) is 0 Å². The molecule has 0 saturated heterocycles. The topological polar surface area (TPSA) is 65.6 Å². The maximum absolute atomic E-state index is 8.99. The van der Waals surface area contributed by atoms with Crippen molar-refractivity contribution in [2.24, 2.45) is 0 Å². The van der Waals surface area contributed by atoms with Gasteiger partial charge >= 0.3 is 0 Å². The van der Waals surface area contributed by atoms with Gasteiger partial charge in [-0.15, -0.1) is 0 Å².